The van der Waals surface area contributed by atoms with Crippen LogP contribution >= 0.6 is 23.1 Å². The molecule has 2 aliphatic rings. The van der Waals surface area contributed by atoms with Crippen LogP contribution in [0, 0.1) is 6.92 Å². The van der Waals surface area contributed by atoms with Gasteiger partial charge in [-0.2, -0.15) is 0 Å². The fraction of sp³-hybridized carbons (Fsp3) is 0.500. The lowest BCUT2D eigenvalue weighted by Gasteiger charge is -2.20. The molecule has 162 valence electrons. The summed E-state index contributed by atoms with van der Waals surface area (Å²) in [6, 6.07) is 2.70. The second-order valence-corrected chi connectivity index (χ2v) is 10.6. The molecule has 5 rings (SSSR count). The van der Waals surface area contributed by atoms with Crippen molar-refractivity contribution in [3.8, 4) is 10.6 Å². The molecule has 0 saturated heterocycles. The van der Waals surface area contributed by atoms with Crippen molar-refractivity contribution in [3.63, 3.8) is 0 Å². The van der Waals surface area contributed by atoms with E-state index in [2.05, 4.69) is 30.6 Å². The van der Waals surface area contributed by atoms with E-state index in [-0.39, 0.29) is 0 Å². The average molecular weight is 454 g/mol. The zero-order chi connectivity index (χ0) is 21.0. The number of rotatable bonds is 8. The lowest BCUT2D eigenvalue weighted by Crippen LogP contribution is -2.16. The minimum absolute atomic E-state index is 0.642. The molecule has 2 aliphatic carbocycles. The van der Waals surface area contributed by atoms with Crippen molar-refractivity contribution >= 4 is 34.0 Å². The molecule has 0 bridgehead atoms. The van der Waals surface area contributed by atoms with Crippen LogP contribution in [0.3, 0.4) is 0 Å². The number of hydrogen-bond donors (Lipinski definition) is 2. The molecule has 7 nitrogen and oxygen atoms in total. The summed E-state index contributed by atoms with van der Waals surface area (Å²) in [5, 5.41) is 9.02. The van der Waals surface area contributed by atoms with Crippen molar-refractivity contribution in [2.24, 2.45) is 0 Å². The molecule has 0 atom stereocenters. The molecular formula is C22H27N7S2. The first-order valence-corrected chi connectivity index (χ1v) is 12.7. The maximum absolute atomic E-state index is 4.83. The quantitative estimate of drug-likeness (QED) is 0.454. The minimum Gasteiger partial charge on any atom is -0.315 e. The monoisotopic (exact) mass is 453 g/mol. The van der Waals surface area contributed by atoms with Crippen molar-refractivity contribution < 1.29 is 0 Å². The van der Waals surface area contributed by atoms with E-state index < -0.39 is 0 Å². The Morgan fingerprint density at radius 1 is 1.00 bits per heavy atom. The van der Waals surface area contributed by atoms with Gasteiger partial charge in [-0.05, 0) is 38.7 Å². The minimum atomic E-state index is 0.642. The average Bonchev–Trinajstić information content (AvgIpc) is 3.50. The van der Waals surface area contributed by atoms with Crippen LogP contribution in [0.5, 0.6) is 0 Å². The van der Waals surface area contributed by atoms with Crippen LogP contribution < -0.4 is 10.6 Å². The second-order valence-electron chi connectivity index (χ2n) is 8.26. The van der Waals surface area contributed by atoms with Crippen molar-refractivity contribution in [2.45, 2.75) is 74.9 Å². The van der Waals surface area contributed by atoms with Gasteiger partial charge >= 0.3 is 0 Å². The predicted octanol–water partition coefficient (Wildman–Crippen LogP) is 5.12. The number of thioether (sulfide) groups is 1. The first-order chi connectivity index (χ1) is 15.2. The number of aromatic nitrogens is 5. The summed E-state index contributed by atoms with van der Waals surface area (Å²) in [4.78, 5) is 24.0. The maximum Gasteiger partial charge on any atom is 0.188 e. The summed E-state index contributed by atoms with van der Waals surface area (Å²) < 4.78 is 0. The first kappa shape index (κ1) is 20.8. The Bertz CT molecular complexity index is 1010. The maximum atomic E-state index is 4.83. The van der Waals surface area contributed by atoms with E-state index in [0.717, 1.165) is 38.8 Å². The van der Waals surface area contributed by atoms with Gasteiger partial charge in [0.25, 0.3) is 0 Å². The summed E-state index contributed by atoms with van der Waals surface area (Å²) in [6.45, 7) is 2.80. The summed E-state index contributed by atoms with van der Waals surface area (Å²) >= 11 is 3.40. The number of hydrogen-bond acceptors (Lipinski definition) is 9. The standard InChI is InChI=1S/C22H27N7S2/c1-14-9-18(28-22(27-14)30-17-5-3-2-4-6-17)19-12-26-21(31-19)29-20-13-24-16(11-25-20)10-23-15-7-8-15/h9,11-13,15,17,23H,2-8,10H2,1H3,(H,25,26,29). The highest BCUT2D eigenvalue weighted by molar-refractivity contribution is 7.99. The molecule has 0 radical (unpaired) electrons. The number of nitrogens with one attached hydrogen (secondary N) is 2. The van der Waals surface area contributed by atoms with Gasteiger partial charge in [0.1, 0.15) is 0 Å². The lowest BCUT2D eigenvalue weighted by atomic mass is 10.0. The molecule has 0 unspecified atom stereocenters. The third kappa shape index (κ3) is 5.78. The Hall–Kier alpha value is -2.10. The van der Waals surface area contributed by atoms with E-state index in [4.69, 9.17) is 4.98 Å². The number of aryl methyl sites for hydroxylation is 1. The highest BCUT2D eigenvalue weighted by Crippen LogP contribution is 2.34. The molecule has 9 heteroatoms. The number of nitrogens with zero attached hydrogens (tertiary/aromatic N) is 5. The molecule has 2 saturated carbocycles. The van der Waals surface area contributed by atoms with Crippen molar-refractivity contribution in [2.75, 3.05) is 5.32 Å². The molecule has 2 N–H and O–H groups in total. The molecule has 0 aliphatic heterocycles. The fourth-order valence-corrected chi connectivity index (χ4v) is 5.66. The van der Waals surface area contributed by atoms with Crippen molar-refractivity contribution in [3.05, 3.63) is 36.0 Å². The van der Waals surface area contributed by atoms with Gasteiger partial charge in [0.15, 0.2) is 16.1 Å². The Morgan fingerprint density at radius 3 is 2.65 bits per heavy atom. The molecule has 3 aromatic rings. The van der Waals surface area contributed by atoms with Gasteiger partial charge in [0.2, 0.25) is 0 Å². The van der Waals surface area contributed by atoms with Gasteiger partial charge in [-0.1, -0.05) is 42.4 Å². The smallest absolute Gasteiger partial charge is 0.188 e. The summed E-state index contributed by atoms with van der Waals surface area (Å²) in [7, 11) is 0. The highest BCUT2D eigenvalue weighted by atomic mass is 32.2. The zero-order valence-corrected chi connectivity index (χ0v) is 19.3. The Labute approximate surface area is 191 Å². The molecule has 3 aromatic heterocycles. The second kappa shape index (κ2) is 9.58. The van der Waals surface area contributed by atoms with Gasteiger partial charge in [-0.25, -0.2) is 19.9 Å². The molecular weight excluding hydrogens is 426 g/mol. The summed E-state index contributed by atoms with van der Waals surface area (Å²) in [6.07, 6.45) is 14.5. The predicted molar refractivity (Wildman–Crippen MR) is 126 cm³/mol. The van der Waals surface area contributed by atoms with Gasteiger partial charge in [-0.15, -0.1) is 0 Å². The van der Waals surface area contributed by atoms with Crippen LogP contribution in [0.4, 0.5) is 10.9 Å². The first-order valence-electron chi connectivity index (χ1n) is 11.0. The van der Waals surface area contributed by atoms with E-state index in [1.807, 2.05) is 37.1 Å². The summed E-state index contributed by atoms with van der Waals surface area (Å²) in [5.41, 5.74) is 2.88. The van der Waals surface area contributed by atoms with Crippen LogP contribution in [0.1, 0.15) is 56.3 Å². The molecule has 2 fully saturated rings. The van der Waals surface area contributed by atoms with Gasteiger partial charge in [0, 0.05) is 29.7 Å². The van der Waals surface area contributed by atoms with Crippen LogP contribution in [-0.4, -0.2) is 36.2 Å². The number of anilines is 2. The Morgan fingerprint density at radius 2 is 1.87 bits per heavy atom. The van der Waals surface area contributed by atoms with Crippen LogP contribution in [-0.2, 0) is 6.54 Å². The van der Waals surface area contributed by atoms with Crippen molar-refractivity contribution in [1.29, 1.82) is 0 Å². The molecule has 0 amide bonds. The molecule has 31 heavy (non-hydrogen) atoms. The topological polar surface area (TPSA) is 88.5 Å². The number of thiazole rings is 1. The van der Waals surface area contributed by atoms with Gasteiger partial charge in [0.05, 0.1) is 28.7 Å². The Kier molecular flexibility index (Phi) is 6.42. The summed E-state index contributed by atoms with van der Waals surface area (Å²) in [5.74, 6) is 0.698. The van der Waals surface area contributed by atoms with E-state index in [9.17, 15) is 0 Å². The van der Waals surface area contributed by atoms with Gasteiger partial charge < -0.3 is 10.6 Å². The van der Waals surface area contributed by atoms with Crippen LogP contribution in [0.15, 0.2) is 29.8 Å². The fourth-order valence-electron chi connectivity index (χ4n) is 3.66. The third-order valence-electron chi connectivity index (χ3n) is 5.51. The largest absolute Gasteiger partial charge is 0.315 e. The SMILES string of the molecule is Cc1cc(-c2cnc(Nc3cnc(CNC4CC4)cn3)s2)nc(SC2CCCCC2)n1. The molecule has 0 spiro atoms. The van der Waals surface area contributed by atoms with E-state index in [1.165, 1.54) is 44.9 Å². The van der Waals surface area contributed by atoms with Gasteiger partial charge in [-0.3, -0.25) is 4.98 Å². The van der Waals surface area contributed by atoms with E-state index >= 15 is 0 Å². The lowest BCUT2D eigenvalue weighted by molar-refractivity contribution is 0.515. The van der Waals surface area contributed by atoms with E-state index in [1.54, 1.807) is 17.5 Å². The highest BCUT2D eigenvalue weighted by Gasteiger charge is 2.20. The van der Waals surface area contributed by atoms with Crippen molar-refractivity contribution in [1.82, 2.24) is 30.2 Å². The third-order valence-corrected chi connectivity index (χ3v) is 7.64. The Balaban J connectivity index is 1.24. The molecule has 0 aromatic carbocycles. The van der Waals surface area contributed by atoms with Crippen LogP contribution in [0.2, 0.25) is 0 Å². The van der Waals surface area contributed by atoms with Crippen LogP contribution in [0.25, 0.3) is 10.6 Å². The molecule has 3 heterocycles. The van der Waals surface area contributed by atoms with E-state index in [0.29, 0.717) is 17.1 Å². The zero-order valence-electron chi connectivity index (χ0n) is 17.7. The normalized spacial score (nSPS) is 17.1.